The van der Waals surface area contributed by atoms with Crippen molar-refractivity contribution in [2.24, 2.45) is 5.92 Å². The maximum absolute atomic E-state index is 12.8. The predicted octanol–water partition coefficient (Wildman–Crippen LogP) is 1.55. The summed E-state index contributed by atoms with van der Waals surface area (Å²) in [7, 11) is 0. The zero-order valence-electron chi connectivity index (χ0n) is 12.4. The molecule has 3 rings (SSSR count). The van der Waals surface area contributed by atoms with E-state index in [0.717, 1.165) is 25.7 Å². The number of amides is 2. The summed E-state index contributed by atoms with van der Waals surface area (Å²) < 4.78 is 5.80. The first-order valence-corrected chi connectivity index (χ1v) is 8.07. The highest BCUT2D eigenvalue weighted by atomic mass is 16.5. The molecular formula is C15H24N2O4. The molecule has 6 nitrogen and oxygen atoms in total. The van der Waals surface area contributed by atoms with Crippen LogP contribution in [-0.2, 0) is 9.53 Å². The number of hydrogen-bond acceptors (Lipinski definition) is 3. The Morgan fingerprint density at radius 1 is 1.05 bits per heavy atom. The van der Waals surface area contributed by atoms with Crippen LogP contribution >= 0.6 is 0 Å². The minimum Gasteiger partial charge on any atom is -0.481 e. The van der Waals surface area contributed by atoms with Crippen LogP contribution in [0.5, 0.6) is 0 Å². The molecule has 2 saturated heterocycles. The molecule has 3 aliphatic rings. The minimum absolute atomic E-state index is 0.0150. The summed E-state index contributed by atoms with van der Waals surface area (Å²) in [5.74, 6) is -1.20. The number of nitrogens with zero attached hydrogens (tertiary/aromatic N) is 2. The number of urea groups is 1. The van der Waals surface area contributed by atoms with Crippen LogP contribution < -0.4 is 0 Å². The zero-order valence-corrected chi connectivity index (χ0v) is 12.4. The van der Waals surface area contributed by atoms with Crippen molar-refractivity contribution in [1.29, 1.82) is 0 Å². The number of rotatable bonds is 1. The molecule has 1 saturated carbocycles. The molecule has 118 valence electrons. The van der Waals surface area contributed by atoms with Crippen molar-refractivity contribution in [3.63, 3.8) is 0 Å². The Balaban J connectivity index is 1.67. The van der Waals surface area contributed by atoms with E-state index in [9.17, 15) is 9.59 Å². The van der Waals surface area contributed by atoms with Crippen LogP contribution in [0.4, 0.5) is 4.79 Å². The van der Waals surface area contributed by atoms with Gasteiger partial charge in [0.2, 0.25) is 0 Å². The van der Waals surface area contributed by atoms with Gasteiger partial charge in [-0.25, -0.2) is 4.79 Å². The quantitative estimate of drug-likeness (QED) is 0.797. The molecule has 6 heteroatoms. The van der Waals surface area contributed by atoms with E-state index < -0.39 is 11.9 Å². The van der Waals surface area contributed by atoms with Gasteiger partial charge in [0.1, 0.15) is 0 Å². The predicted molar refractivity (Wildman–Crippen MR) is 76.0 cm³/mol. The van der Waals surface area contributed by atoms with Crippen molar-refractivity contribution in [2.45, 2.75) is 50.7 Å². The van der Waals surface area contributed by atoms with E-state index in [2.05, 4.69) is 0 Å². The van der Waals surface area contributed by atoms with Gasteiger partial charge in [-0.2, -0.15) is 0 Å². The molecule has 0 radical (unpaired) electrons. The van der Waals surface area contributed by atoms with Gasteiger partial charge in [-0.05, 0) is 25.7 Å². The summed E-state index contributed by atoms with van der Waals surface area (Å²) in [6, 6.07) is 0.200. The second-order valence-corrected chi connectivity index (χ2v) is 6.36. The first-order valence-electron chi connectivity index (χ1n) is 8.07. The van der Waals surface area contributed by atoms with Crippen molar-refractivity contribution < 1.29 is 19.4 Å². The van der Waals surface area contributed by atoms with Crippen LogP contribution in [0.25, 0.3) is 0 Å². The molecule has 0 aromatic carbocycles. The molecule has 0 aromatic heterocycles. The van der Waals surface area contributed by atoms with Gasteiger partial charge in [-0.15, -0.1) is 0 Å². The number of carboxylic acids is 1. The van der Waals surface area contributed by atoms with E-state index in [4.69, 9.17) is 9.84 Å². The van der Waals surface area contributed by atoms with Crippen molar-refractivity contribution in [3.05, 3.63) is 0 Å². The molecule has 1 aliphatic carbocycles. The summed E-state index contributed by atoms with van der Waals surface area (Å²) in [5.41, 5.74) is 0. The lowest BCUT2D eigenvalue weighted by atomic mass is 9.90. The van der Waals surface area contributed by atoms with Crippen LogP contribution in [0.3, 0.4) is 0 Å². The van der Waals surface area contributed by atoms with Crippen LogP contribution in [0.1, 0.15) is 38.5 Å². The summed E-state index contributed by atoms with van der Waals surface area (Å²) in [6.07, 6.45) is 5.99. The van der Waals surface area contributed by atoms with Gasteiger partial charge in [0.25, 0.3) is 0 Å². The summed E-state index contributed by atoms with van der Waals surface area (Å²) in [4.78, 5) is 27.6. The fourth-order valence-corrected chi connectivity index (χ4v) is 3.87. The Kier molecular flexibility index (Phi) is 4.33. The zero-order chi connectivity index (χ0) is 14.8. The van der Waals surface area contributed by atoms with E-state index in [1.165, 1.54) is 6.42 Å². The number of hydrogen-bond donors (Lipinski definition) is 1. The van der Waals surface area contributed by atoms with E-state index >= 15 is 0 Å². The summed E-state index contributed by atoms with van der Waals surface area (Å²) in [5, 5.41) is 9.16. The van der Waals surface area contributed by atoms with Crippen LogP contribution in [0.2, 0.25) is 0 Å². The fourth-order valence-electron chi connectivity index (χ4n) is 3.87. The number of aliphatic carboxylic acids is 1. The van der Waals surface area contributed by atoms with Gasteiger partial charge in [0, 0.05) is 19.6 Å². The Morgan fingerprint density at radius 3 is 2.67 bits per heavy atom. The third-order valence-electron chi connectivity index (χ3n) is 5.02. The third-order valence-corrected chi connectivity index (χ3v) is 5.02. The molecule has 0 aromatic rings. The van der Waals surface area contributed by atoms with Gasteiger partial charge < -0.3 is 19.6 Å². The molecular weight excluding hydrogens is 272 g/mol. The molecule has 3 atom stereocenters. The second-order valence-electron chi connectivity index (χ2n) is 6.36. The molecule has 0 spiro atoms. The average molecular weight is 296 g/mol. The number of piperidine rings is 1. The topological polar surface area (TPSA) is 70.1 Å². The molecule has 21 heavy (non-hydrogen) atoms. The van der Waals surface area contributed by atoms with E-state index in [1.807, 2.05) is 4.90 Å². The van der Waals surface area contributed by atoms with Gasteiger partial charge >= 0.3 is 12.0 Å². The number of morpholine rings is 1. The molecule has 3 fully saturated rings. The van der Waals surface area contributed by atoms with Crippen LogP contribution in [0, 0.1) is 5.92 Å². The monoisotopic (exact) mass is 296 g/mol. The molecule has 2 heterocycles. The minimum atomic E-state index is -0.787. The van der Waals surface area contributed by atoms with Crippen molar-refractivity contribution >= 4 is 12.0 Å². The summed E-state index contributed by atoms with van der Waals surface area (Å²) >= 11 is 0. The van der Waals surface area contributed by atoms with E-state index in [1.54, 1.807) is 4.90 Å². The highest BCUT2D eigenvalue weighted by Crippen LogP contribution is 2.30. The fraction of sp³-hybridized carbons (Fsp3) is 0.867. The Bertz CT molecular complexity index is 412. The summed E-state index contributed by atoms with van der Waals surface area (Å²) in [6.45, 7) is 2.26. The maximum Gasteiger partial charge on any atom is 0.320 e. The van der Waals surface area contributed by atoms with Gasteiger partial charge in [0.05, 0.1) is 24.7 Å². The lowest BCUT2D eigenvalue weighted by molar-refractivity contribution is -0.143. The largest absolute Gasteiger partial charge is 0.481 e. The first-order chi connectivity index (χ1) is 10.2. The number of ether oxygens (including phenoxy) is 1. The van der Waals surface area contributed by atoms with E-state index in [-0.39, 0.29) is 18.2 Å². The van der Waals surface area contributed by atoms with Crippen molar-refractivity contribution in [3.8, 4) is 0 Å². The second kappa shape index (κ2) is 6.22. The average Bonchev–Trinajstić information content (AvgIpc) is 2.53. The molecule has 2 amide bonds. The lowest BCUT2D eigenvalue weighted by Crippen LogP contribution is -2.59. The van der Waals surface area contributed by atoms with Gasteiger partial charge in [0.15, 0.2) is 0 Å². The molecule has 3 unspecified atom stereocenters. The van der Waals surface area contributed by atoms with Gasteiger partial charge in [-0.1, -0.05) is 12.8 Å². The van der Waals surface area contributed by atoms with Crippen LogP contribution in [0.15, 0.2) is 0 Å². The standard InChI is InChI=1S/C15H24N2O4/c18-14(19)11-4-3-7-16(10-11)15(20)17-8-9-21-13-6-2-1-5-12(13)17/h11-13H,1-10H2,(H,18,19). The lowest BCUT2D eigenvalue weighted by Gasteiger charge is -2.46. The molecule has 0 bridgehead atoms. The number of carboxylic acid groups (broad SMARTS) is 1. The van der Waals surface area contributed by atoms with Crippen LogP contribution in [-0.4, -0.2) is 65.3 Å². The SMILES string of the molecule is O=C(O)C1CCCN(C(=O)N2CCOC3CCCCC32)C1. The number of fused-ring (bicyclic) bond motifs is 1. The van der Waals surface area contributed by atoms with Crippen molar-refractivity contribution in [2.75, 3.05) is 26.2 Å². The highest BCUT2D eigenvalue weighted by molar-refractivity contribution is 5.77. The smallest absolute Gasteiger partial charge is 0.320 e. The Hall–Kier alpha value is -1.30. The van der Waals surface area contributed by atoms with Gasteiger partial charge in [-0.3, -0.25) is 4.79 Å². The number of carbonyl (C=O) groups excluding carboxylic acids is 1. The first kappa shape index (κ1) is 14.6. The van der Waals surface area contributed by atoms with E-state index in [0.29, 0.717) is 32.7 Å². The highest BCUT2D eigenvalue weighted by Gasteiger charge is 2.39. The number of carbonyl (C=O) groups is 2. The number of likely N-dealkylation sites (tertiary alicyclic amines) is 1. The maximum atomic E-state index is 12.8. The van der Waals surface area contributed by atoms with Crippen molar-refractivity contribution in [1.82, 2.24) is 9.80 Å². The Morgan fingerprint density at radius 2 is 1.86 bits per heavy atom. The molecule has 1 N–H and O–H groups in total. The Labute approximate surface area is 125 Å². The molecule has 2 aliphatic heterocycles. The normalized spacial score (nSPS) is 33.4. The third kappa shape index (κ3) is 3.00.